The van der Waals surface area contributed by atoms with Crippen molar-refractivity contribution in [3.05, 3.63) is 41.6 Å². The molecule has 0 unspecified atom stereocenters. The molecule has 25 heavy (non-hydrogen) atoms. The van der Waals surface area contributed by atoms with E-state index in [4.69, 9.17) is 0 Å². The number of aliphatic hydroxyl groups excluding tert-OH is 1. The maximum absolute atomic E-state index is 13.1. The molecule has 4 rings (SSSR count). The van der Waals surface area contributed by atoms with Crippen LogP contribution in [0.1, 0.15) is 35.3 Å². The number of pyridine rings is 1. The van der Waals surface area contributed by atoms with Gasteiger partial charge in [0.2, 0.25) is 0 Å². The van der Waals surface area contributed by atoms with Crippen molar-refractivity contribution < 1.29 is 9.90 Å². The minimum atomic E-state index is -0.200. The zero-order valence-corrected chi connectivity index (χ0v) is 14.7. The van der Waals surface area contributed by atoms with Crippen molar-refractivity contribution in [1.29, 1.82) is 0 Å². The van der Waals surface area contributed by atoms with Gasteiger partial charge in [-0.25, -0.2) is 0 Å². The Morgan fingerprint density at radius 2 is 1.92 bits per heavy atom. The molecule has 0 spiro atoms. The smallest absolute Gasteiger partial charge is 0.254 e. The van der Waals surface area contributed by atoms with Crippen LogP contribution in [0, 0.1) is 6.92 Å². The van der Waals surface area contributed by atoms with Gasteiger partial charge in [-0.2, -0.15) is 0 Å². The summed E-state index contributed by atoms with van der Waals surface area (Å²) < 4.78 is 0. The zero-order chi connectivity index (χ0) is 17.4. The van der Waals surface area contributed by atoms with Crippen molar-refractivity contribution in [2.75, 3.05) is 26.2 Å². The number of hydrogen-bond donors (Lipinski definition) is 1. The van der Waals surface area contributed by atoms with Crippen molar-refractivity contribution in [2.24, 2.45) is 0 Å². The second-order valence-corrected chi connectivity index (χ2v) is 7.22. The lowest BCUT2D eigenvalue weighted by atomic mass is 10.1. The number of benzene rings is 1. The molecular formula is C20H25N3O2. The van der Waals surface area contributed by atoms with Crippen LogP contribution in [0.3, 0.4) is 0 Å². The normalized spacial score (nSPS) is 24.8. The first-order valence-corrected chi connectivity index (χ1v) is 9.21. The van der Waals surface area contributed by atoms with Gasteiger partial charge >= 0.3 is 0 Å². The number of fused-ring (bicyclic) bond motifs is 1. The van der Waals surface area contributed by atoms with Gasteiger partial charge in [-0.3, -0.25) is 14.7 Å². The third-order valence-corrected chi connectivity index (χ3v) is 5.59. The van der Waals surface area contributed by atoms with E-state index < -0.39 is 0 Å². The van der Waals surface area contributed by atoms with Crippen LogP contribution in [0.2, 0.25) is 0 Å². The molecule has 1 aromatic heterocycles. The molecule has 1 aliphatic heterocycles. The fourth-order valence-electron chi connectivity index (χ4n) is 4.26. The van der Waals surface area contributed by atoms with Gasteiger partial charge in [0.1, 0.15) is 0 Å². The Balaban J connectivity index is 1.51. The first-order chi connectivity index (χ1) is 12.1. The predicted molar refractivity (Wildman–Crippen MR) is 97.6 cm³/mol. The van der Waals surface area contributed by atoms with Crippen LogP contribution in [0.15, 0.2) is 30.3 Å². The number of piperazine rings is 1. The van der Waals surface area contributed by atoms with E-state index in [-0.39, 0.29) is 18.1 Å². The molecule has 0 radical (unpaired) electrons. The minimum absolute atomic E-state index is 0.0910. The maximum Gasteiger partial charge on any atom is 0.254 e. The minimum Gasteiger partial charge on any atom is -0.391 e. The summed E-state index contributed by atoms with van der Waals surface area (Å²) in [5.74, 6) is 0.0910. The van der Waals surface area contributed by atoms with E-state index in [9.17, 15) is 9.90 Å². The van der Waals surface area contributed by atoms with Crippen LogP contribution < -0.4 is 0 Å². The number of carbonyl (C=O) groups excluding carboxylic acids is 1. The first kappa shape index (κ1) is 16.5. The summed E-state index contributed by atoms with van der Waals surface area (Å²) in [5, 5.41) is 11.0. The van der Waals surface area contributed by atoms with Gasteiger partial charge in [0.15, 0.2) is 0 Å². The van der Waals surface area contributed by atoms with E-state index in [0.717, 1.165) is 67.6 Å². The van der Waals surface area contributed by atoms with Gasteiger partial charge in [0.05, 0.1) is 17.2 Å². The van der Waals surface area contributed by atoms with Gasteiger partial charge in [-0.05, 0) is 38.3 Å². The standard InChI is InChI=1S/C20H25N3O2/c1-14-13-16(15-5-2-3-6-17(15)21-14)20(25)23-11-9-22(10-12-23)18-7-4-8-19(18)24/h2-3,5-6,13,18-19,24H,4,7-12H2,1H3/t18-,19-/m1/s1. The Kier molecular flexibility index (Phi) is 4.44. The molecule has 132 valence electrons. The molecule has 5 heteroatoms. The van der Waals surface area contributed by atoms with Crippen LogP contribution in [0.4, 0.5) is 0 Å². The highest BCUT2D eigenvalue weighted by Crippen LogP contribution is 2.26. The van der Waals surface area contributed by atoms with Crippen molar-refractivity contribution in [2.45, 2.75) is 38.3 Å². The van der Waals surface area contributed by atoms with E-state index in [2.05, 4.69) is 9.88 Å². The second-order valence-electron chi connectivity index (χ2n) is 7.22. The fourth-order valence-corrected chi connectivity index (χ4v) is 4.26. The number of nitrogens with zero attached hydrogens (tertiary/aromatic N) is 3. The highest BCUT2D eigenvalue weighted by molar-refractivity contribution is 6.06. The lowest BCUT2D eigenvalue weighted by Gasteiger charge is -2.39. The first-order valence-electron chi connectivity index (χ1n) is 9.21. The Labute approximate surface area is 148 Å². The lowest BCUT2D eigenvalue weighted by molar-refractivity contribution is 0.0316. The van der Waals surface area contributed by atoms with E-state index in [1.54, 1.807) is 0 Å². The van der Waals surface area contributed by atoms with E-state index in [1.165, 1.54) is 0 Å². The molecule has 1 N–H and O–H groups in total. The molecule has 2 atom stereocenters. The third kappa shape index (κ3) is 3.14. The number of rotatable bonds is 2. The summed E-state index contributed by atoms with van der Waals surface area (Å²) in [6.45, 7) is 5.06. The summed E-state index contributed by atoms with van der Waals surface area (Å²) >= 11 is 0. The largest absolute Gasteiger partial charge is 0.391 e. The molecule has 1 saturated carbocycles. The number of carbonyl (C=O) groups is 1. The van der Waals surface area contributed by atoms with Crippen molar-refractivity contribution in [3.63, 3.8) is 0 Å². The number of aromatic nitrogens is 1. The van der Waals surface area contributed by atoms with Crippen molar-refractivity contribution in [1.82, 2.24) is 14.8 Å². The van der Waals surface area contributed by atoms with Gasteiger partial charge in [0, 0.05) is 43.3 Å². The zero-order valence-electron chi connectivity index (χ0n) is 14.7. The number of aliphatic hydroxyl groups is 1. The molecule has 5 nitrogen and oxygen atoms in total. The number of amides is 1. The Bertz CT molecular complexity index is 784. The average molecular weight is 339 g/mol. The van der Waals surface area contributed by atoms with E-state index in [0.29, 0.717) is 0 Å². The van der Waals surface area contributed by atoms with E-state index in [1.807, 2.05) is 42.2 Å². The summed E-state index contributed by atoms with van der Waals surface area (Å²) in [6, 6.07) is 10.0. The van der Waals surface area contributed by atoms with Crippen molar-refractivity contribution in [3.8, 4) is 0 Å². The van der Waals surface area contributed by atoms with Gasteiger partial charge in [0.25, 0.3) is 5.91 Å². The highest BCUT2D eigenvalue weighted by atomic mass is 16.3. The summed E-state index contributed by atoms with van der Waals surface area (Å²) in [7, 11) is 0. The van der Waals surface area contributed by atoms with Gasteiger partial charge in [-0.1, -0.05) is 18.2 Å². The monoisotopic (exact) mass is 339 g/mol. The topological polar surface area (TPSA) is 56.7 Å². The molecule has 1 saturated heterocycles. The molecule has 1 aliphatic carbocycles. The van der Waals surface area contributed by atoms with Crippen LogP contribution in [0.25, 0.3) is 10.9 Å². The van der Waals surface area contributed by atoms with Crippen LogP contribution >= 0.6 is 0 Å². The third-order valence-electron chi connectivity index (χ3n) is 5.59. The molecular weight excluding hydrogens is 314 g/mol. The lowest BCUT2D eigenvalue weighted by Crippen LogP contribution is -2.53. The van der Waals surface area contributed by atoms with Gasteiger partial charge in [-0.15, -0.1) is 0 Å². The molecule has 1 amide bonds. The predicted octanol–water partition coefficient (Wildman–Crippen LogP) is 2.21. The van der Waals surface area contributed by atoms with Gasteiger partial charge < -0.3 is 10.0 Å². The average Bonchev–Trinajstić information content (AvgIpc) is 3.06. The van der Waals surface area contributed by atoms with Crippen LogP contribution in [-0.4, -0.2) is 64.1 Å². The molecule has 0 bridgehead atoms. The highest BCUT2D eigenvalue weighted by Gasteiger charge is 2.33. The SMILES string of the molecule is Cc1cc(C(=O)N2CCN([C@@H]3CCC[C@H]3O)CC2)c2ccccc2n1. The Hall–Kier alpha value is -1.98. The molecule has 2 aromatic rings. The second kappa shape index (κ2) is 6.73. The Morgan fingerprint density at radius 1 is 1.16 bits per heavy atom. The number of para-hydroxylation sites is 1. The summed E-state index contributed by atoms with van der Waals surface area (Å²) in [5.41, 5.74) is 2.49. The Morgan fingerprint density at radius 3 is 2.64 bits per heavy atom. The number of hydrogen-bond acceptors (Lipinski definition) is 4. The van der Waals surface area contributed by atoms with Crippen LogP contribution in [-0.2, 0) is 0 Å². The molecule has 2 aliphatic rings. The summed E-state index contributed by atoms with van der Waals surface area (Å²) in [6.07, 6.45) is 2.89. The summed E-state index contributed by atoms with van der Waals surface area (Å²) in [4.78, 5) is 21.9. The van der Waals surface area contributed by atoms with Crippen LogP contribution in [0.5, 0.6) is 0 Å². The van der Waals surface area contributed by atoms with E-state index >= 15 is 0 Å². The van der Waals surface area contributed by atoms with Crippen molar-refractivity contribution >= 4 is 16.8 Å². The molecule has 2 heterocycles. The molecule has 1 aromatic carbocycles. The number of aryl methyl sites for hydroxylation is 1. The quantitative estimate of drug-likeness (QED) is 0.911. The maximum atomic E-state index is 13.1. The fraction of sp³-hybridized carbons (Fsp3) is 0.500. The molecule has 2 fully saturated rings.